The van der Waals surface area contributed by atoms with Crippen molar-refractivity contribution in [1.29, 1.82) is 0 Å². The summed E-state index contributed by atoms with van der Waals surface area (Å²) in [7, 11) is 0.300. The number of ether oxygens (including phenoxy) is 2. The van der Waals surface area contributed by atoms with Gasteiger partial charge in [0.25, 0.3) is 0 Å². The smallest absolute Gasteiger partial charge is 0.416 e. The van der Waals surface area contributed by atoms with Crippen molar-refractivity contribution in [3.63, 3.8) is 0 Å². The zero-order chi connectivity index (χ0) is 21.7. The lowest BCUT2D eigenvalue weighted by atomic mass is 10.1. The van der Waals surface area contributed by atoms with Crippen molar-refractivity contribution >= 4 is 27.4 Å². The normalized spacial score (nSPS) is 13.1. The largest absolute Gasteiger partial charge is 0.467 e. The highest BCUT2D eigenvalue weighted by molar-refractivity contribution is 7.92. The number of sulfonamides is 1. The second kappa shape index (κ2) is 9.46. The summed E-state index contributed by atoms with van der Waals surface area (Å²) in [6.45, 7) is 1.84. The van der Waals surface area contributed by atoms with Crippen LogP contribution in [0.25, 0.3) is 0 Å². The first kappa shape index (κ1) is 24.0. The average Bonchev–Trinajstić information content (AvgIpc) is 2.61. The number of hydrogen-bond donors (Lipinski definition) is 0. The molecule has 1 aromatic carbocycles. The molecule has 0 aromatic heterocycles. The molecule has 7 nitrogen and oxygen atoms in total. The van der Waals surface area contributed by atoms with E-state index in [1.165, 1.54) is 20.2 Å². The summed E-state index contributed by atoms with van der Waals surface area (Å²) < 4.78 is 73.7. The lowest BCUT2D eigenvalue weighted by Crippen LogP contribution is -2.27. The van der Waals surface area contributed by atoms with E-state index in [2.05, 4.69) is 4.74 Å². The van der Waals surface area contributed by atoms with Crippen LogP contribution in [0.5, 0.6) is 0 Å². The Bertz CT molecular complexity index is 783. The van der Waals surface area contributed by atoms with E-state index in [-0.39, 0.29) is 24.1 Å². The topological polar surface area (TPSA) is 76.2 Å². The van der Waals surface area contributed by atoms with E-state index in [0.717, 1.165) is 22.7 Å². The van der Waals surface area contributed by atoms with Crippen LogP contribution in [0.3, 0.4) is 0 Å². The highest BCUT2D eigenvalue weighted by Gasteiger charge is 2.32. The highest BCUT2D eigenvalue weighted by Crippen LogP contribution is 2.35. The van der Waals surface area contributed by atoms with Gasteiger partial charge >= 0.3 is 12.1 Å². The van der Waals surface area contributed by atoms with E-state index >= 15 is 0 Å². The standard InChI is InChI=1S/C17H25F3N2O5S/c1-12(27-11-16(23)26-4)6-7-21(2)14-8-13(17(18,19)20)9-15(10-14)22(3)28(5,24)25/h8-10,12H,6-7,11H2,1-5H3. The molecular weight excluding hydrogens is 401 g/mol. The fourth-order valence-corrected chi connectivity index (χ4v) is 2.70. The molecule has 0 saturated carbocycles. The maximum atomic E-state index is 13.2. The zero-order valence-electron chi connectivity index (χ0n) is 16.4. The lowest BCUT2D eigenvalue weighted by Gasteiger charge is -2.25. The number of nitrogens with zero attached hydrogens (tertiary/aromatic N) is 2. The number of hydrogen-bond acceptors (Lipinski definition) is 6. The molecule has 0 heterocycles. The molecule has 28 heavy (non-hydrogen) atoms. The third-order valence-electron chi connectivity index (χ3n) is 4.12. The molecule has 0 N–H and O–H groups in total. The molecule has 0 bridgehead atoms. The van der Waals surface area contributed by atoms with Gasteiger partial charge in [-0.25, -0.2) is 13.2 Å². The number of benzene rings is 1. The SMILES string of the molecule is COC(=O)COC(C)CCN(C)c1cc(N(C)S(C)(=O)=O)cc(C(F)(F)F)c1. The Kier molecular flexibility index (Phi) is 8.12. The van der Waals surface area contributed by atoms with E-state index < -0.39 is 27.7 Å². The van der Waals surface area contributed by atoms with Crippen LogP contribution in [0.2, 0.25) is 0 Å². The van der Waals surface area contributed by atoms with Crippen LogP contribution in [0.1, 0.15) is 18.9 Å². The first-order valence-corrected chi connectivity index (χ1v) is 10.2. The van der Waals surface area contributed by atoms with Crippen LogP contribution in [-0.2, 0) is 30.5 Å². The van der Waals surface area contributed by atoms with Crippen LogP contribution in [0, 0.1) is 0 Å². The molecule has 0 amide bonds. The number of carbonyl (C=O) groups excluding carboxylic acids is 1. The molecule has 0 aliphatic heterocycles. The van der Waals surface area contributed by atoms with Gasteiger partial charge in [0.1, 0.15) is 6.61 Å². The predicted molar refractivity (Wildman–Crippen MR) is 100 cm³/mol. The molecule has 1 unspecified atom stereocenters. The first-order chi connectivity index (χ1) is 12.8. The van der Waals surface area contributed by atoms with Gasteiger partial charge in [0.2, 0.25) is 10.0 Å². The van der Waals surface area contributed by atoms with E-state index in [4.69, 9.17) is 4.74 Å². The van der Waals surface area contributed by atoms with E-state index in [0.29, 0.717) is 13.0 Å². The Morgan fingerprint density at radius 1 is 1.18 bits per heavy atom. The van der Waals surface area contributed by atoms with Crippen molar-refractivity contribution in [1.82, 2.24) is 0 Å². The molecule has 0 saturated heterocycles. The van der Waals surface area contributed by atoms with Gasteiger partial charge in [0.15, 0.2) is 0 Å². The number of methoxy groups -OCH3 is 1. The van der Waals surface area contributed by atoms with Gasteiger partial charge in [-0.05, 0) is 31.5 Å². The van der Waals surface area contributed by atoms with Gasteiger partial charge in [0, 0.05) is 26.3 Å². The second-order valence-corrected chi connectivity index (χ2v) is 8.39. The van der Waals surface area contributed by atoms with E-state index in [9.17, 15) is 26.4 Å². The van der Waals surface area contributed by atoms with Crippen molar-refractivity contribution < 1.29 is 35.9 Å². The average molecular weight is 426 g/mol. The summed E-state index contributed by atoms with van der Waals surface area (Å²) >= 11 is 0. The molecule has 0 fully saturated rings. The quantitative estimate of drug-likeness (QED) is 0.565. The number of anilines is 2. The van der Waals surface area contributed by atoms with Gasteiger partial charge < -0.3 is 14.4 Å². The maximum absolute atomic E-state index is 13.2. The predicted octanol–water partition coefficient (Wildman–Crippen LogP) is 2.51. The third kappa shape index (κ3) is 7.19. The molecule has 0 aliphatic carbocycles. The molecule has 11 heteroatoms. The van der Waals surface area contributed by atoms with Crippen LogP contribution in [0.15, 0.2) is 18.2 Å². The number of halogens is 3. The van der Waals surface area contributed by atoms with Gasteiger partial charge in [-0.3, -0.25) is 4.31 Å². The second-order valence-electron chi connectivity index (χ2n) is 6.37. The maximum Gasteiger partial charge on any atom is 0.416 e. The summed E-state index contributed by atoms with van der Waals surface area (Å²) in [5.74, 6) is -0.522. The summed E-state index contributed by atoms with van der Waals surface area (Å²) in [5, 5.41) is 0. The number of rotatable bonds is 9. The zero-order valence-corrected chi connectivity index (χ0v) is 17.2. The Hall–Kier alpha value is -2.01. The van der Waals surface area contributed by atoms with Crippen molar-refractivity contribution in [3.05, 3.63) is 23.8 Å². The molecular formula is C17H25F3N2O5S. The minimum atomic E-state index is -4.62. The van der Waals surface area contributed by atoms with E-state index in [1.54, 1.807) is 18.9 Å². The van der Waals surface area contributed by atoms with Crippen molar-refractivity contribution in [2.24, 2.45) is 0 Å². The summed E-state index contributed by atoms with van der Waals surface area (Å²) in [6, 6.07) is 3.12. The molecule has 160 valence electrons. The van der Waals surface area contributed by atoms with Crippen molar-refractivity contribution in [3.8, 4) is 0 Å². The van der Waals surface area contributed by atoms with Crippen LogP contribution in [0.4, 0.5) is 24.5 Å². The fraction of sp³-hybridized carbons (Fsp3) is 0.588. The van der Waals surface area contributed by atoms with Crippen molar-refractivity contribution in [2.45, 2.75) is 25.6 Å². The van der Waals surface area contributed by atoms with Crippen LogP contribution >= 0.6 is 0 Å². The monoisotopic (exact) mass is 426 g/mol. The molecule has 1 atom stereocenters. The van der Waals surface area contributed by atoms with Gasteiger partial charge in [-0.1, -0.05) is 0 Å². The summed E-state index contributed by atoms with van der Waals surface area (Å²) in [6.07, 6.45) is -3.61. The molecule has 1 aromatic rings. The molecule has 0 spiro atoms. The van der Waals surface area contributed by atoms with E-state index in [1.807, 2.05) is 0 Å². The first-order valence-electron chi connectivity index (χ1n) is 8.31. The lowest BCUT2D eigenvalue weighted by molar-refractivity contribution is -0.147. The minimum Gasteiger partial charge on any atom is -0.467 e. The van der Waals surface area contributed by atoms with Crippen LogP contribution in [-0.4, -0.2) is 61.1 Å². The number of esters is 1. The molecule has 0 radical (unpaired) electrons. The Balaban J connectivity index is 3.00. The van der Waals surface area contributed by atoms with Gasteiger partial charge in [0.05, 0.1) is 30.7 Å². The number of carbonyl (C=O) groups is 1. The molecule has 1 rings (SSSR count). The summed E-state index contributed by atoms with van der Waals surface area (Å²) in [4.78, 5) is 12.6. The van der Waals surface area contributed by atoms with Crippen LogP contribution < -0.4 is 9.21 Å². The highest BCUT2D eigenvalue weighted by atomic mass is 32.2. The Morgan fingerprint density at radius 2 is 1.75 bits per heavy atom. The summed E-state index contributed by atoms with van der Waals surface area (Å²) in [5.41, 5.74) is -0.827. The Labute approximate surface area is 163 Å². The third-order valence-corrected chi connectivity index (χ3v) is 5.32. The molecule has 0 aliphatic rings. The van der Waals surface area contributed by atoms with Gasteiger partial charge in [-0.2, -0.15) is 13.2 Å². The van der Waals surface area contributed by atoms with Gasteiger partial charge in [-0.15, -0.1) is 0 Å². The fourth-order valence-electron chi connectivity index (χ4n) is 2.21. The Morgan fingerprint density at radius 3 is 2.25 bits per heavy atom. The van der Waals surface area contributed by atoms with Crippen molar-refractivity contribution in [2.75, 3.05) is 49.8 Å². The minimum absolute atomic E-state index is 0.0887. The number of alkyl halides is 3.